The first-order chi connectivity index (χ1) is 13.5. The first-order valence-corrected chi connectivity index (χ1v) is 8.91. The van der Waals surface area contributed by atoms with Crippen LogP contribution in [0.5, 0.6) is 0 Å². The van der Waals surface area contributed by atoms with Gasteiger partial charge < -0.3 is 15.5 Å². The molecule has 3 rings (SSSR count). The Bertz CT molecular complexity index is 947. The summed E-state index contributed by atoms with van der Waals surface area (Å²) < 4.78 is 13.5. The molecule has 0 bridgehead atoms. The van der Waals surface area contributed by atoms with Crippen LogP contribution in [0.25, 0.3) is 11.4 Å². The summed E-state index contributed by atoms with van der Waals surface area (Å²) in [5.74, 6) is 0.185. The van der Waals surface area contributed by atoms with E-state index in [0.717, 1.165) is 12.1 Å². The van der Waals surface area contributed by atoms with Gasteiger partial charge in [-0.15, -0.1) is 0 Å². The number of carbonyl (C=O) groups is 1. The molecule has 0 aliphatic rings. The fourth-order valence-corrected chi connectivity index (χ4v) is 2.54. The Hall–Kier alpha value is -3.32. The van der Waals surface area contributed by atoms with Gasteiger partial charge in [-0.2, -0.15) is 0 Å². The van der Waals surface area contributed by atoms with E-state index >= 15 is 0 Å². The van der Waals surface area contributed by atoms with E-state index in [2.05, 4.69) is 20.6 Å². The van der Waals surface area contributed by atoms with Gasteiger partial charge in [0.1, 0.15) is 17.3 Å². The van der Waals surface area contributed by atoms with Crippen LogP contribution in [-0.4, -0.2) is 48.0 Å². The van der Waals surface area contributed by atoms with Crippen LogP contribution < -0.4 is 10.6 Å². The minimum absolute atomic E-state index is 0.242. The maximum Gasteiger partial charge on any atom is 0.270 e. The number of nitrogens with zero attached hydrogens (tertiary/aromatic N) is 3. The molecule has 0 fully saturated rings. The summed E-state index contributed by atoms with van der Waals surface area (Å²) in [5, 5.41) is 5.90. The lowest BCUT2D eigenvalue weighted by Crippen LogP contribution is -2.32. The number of hydrogen-bond donors (Lipinski definition) is 2. The van der Waals surface area contributed by atoms with Crippen LogP contribution in [0.15, 0.2) is 60.7 Å². The minimum Gasteiger partial charge on any atom is -0.349 e. The Morgan fingerprint density at radius 3 is 2.54 bits per heavy atom. The van der Waals surface area contributed by atoms with Crippen molar-refractivity contribution in [3.05, 3.63) is 72.2 Å². The van der Waals surface area contributed by atoms with Crippen molar-refractivity contribution in [2.45, 2.75) is 0 Å². The van der Waals surface area contributed by atoms with Gasteiger partial charge in [-0.3, -0.25) is 4.79 Å². The molecular formula is C21H22FN5O. The van der Waals surface area contributed by atoms with E-state index in [1.54, 1.807) is 18.2 Å². The van der Waals surface area contributed by atoms with Gasteiger partial charge in [0.25, 0.3) is 5.91 Å². The molecule has 0 spiro atoms. The molecule has 7 heteroatoms. The van der Waals surface area contributed by atoms with E-state index in [-0.39, 0.29) is 17.4 Å². The predicted molar refractivity (Wildman–Crippen MR) is 108 cm³/mol. The molecule has 0 aliphatic heterocycles. The third kappa shape index (κ3) is 5.34. The lowest BCUT2D eigenvalue weighted by atomic mass is 10.2. The quantitative estimate of drug-likeness (QED) is 0.659. The number of carbonyl (C=O) groups excluding carboxylic acids is 1. The average molecular weight is 379 g/mol. The second-order valence-electron chi connectivity index (χ2n) is 6.52. The number of anilines is 2. The molecule has 0 aliphatic carbocycles. The zero-order chi connectivity index (χ0) is 19.9. The zero-order valence-electron chi connectivity index (χ0n) is 15.8. The topological polar surface area (TPSA) is 70.2 Å². The van der Waals surface area contributed by atoms with E-state index in [9.17, 15) is 9.18 Å². The molecule has 2 N–H and O–H groups in total. The van der Waals surface area contributed by atoms with Crippen LogP contribution in [0.2, 0.25) is 0 Å². The molecule has 0 unspecified atom stereocenters. The monoisotopic (exact) mass is 379 g/mol. The lowest BCUT2D eigenvalue weighted by molar-refractivity contribution is 0.0946. The van der Waals surface area contributed by atoms with Crippen LogP contribution in [0.3, 0.4) is 0 Å². The van der Waals surface area contributed by atoms with Crippen molar-refractivity contribution in [1.29, 1.82) is 0 Å². The molecule has 144 valence electrons. The van der Waals surface area contributed by atoms with Crippen molar-refractivity contribution in [3.63, 3.8) is 0 Å². The van der Waals surface area contributed by atoms with Gasteiger partial charge in [0.2, 0.25) is 0 Å². The highest BCUT2D eigenvalue weighted by Crippen LogP contribution is 2.21. The molecule has 0 atom stereocenters. The van der Waals surface area contributed by atoms with Crippen LogP contribution >= 0.6 is 0 Å². The summed E-state index contributed by atoms with van der Waals surface area (Å²) in [7, 11) is 3.87. The third-order valence-electron chi connectivity index (χ3n) is 3.93. The van der Waals surface area contributed by atoms with E-state index < -0.39 is 0 Å². The van der Waals surface area contributed by atoms with Crippen LogP contribution in [0, 0.1) is 5.82 Å². The van der Waals surface area contributed by atoms with E-state index in [1.165, 1.54) is 12.1 Å². The molecule has 28 heavy (non-hydrogen) atoms. The normalized spacial score (nSPS) is 10.7. The summed E-state index contributed by atoms with van der Waals surface area (Å²) in [4.78, 5) is 23.4. The van der Waals surface area contributed by atoms with Gasteiger partial charge in [0.05, 0.1) is 0 Å². The molecule has 3 aromatic rings. The number of halogens is 1. The second-order valence-corrected chi connectivity index (χ2v) is 6.52. The molecule has 1 amide bonds. The van der Waals surface area contributed by atoms with Crippen molar-refractivity contribution in [2.75, 3.05) is 32.5 Å². The zero-order valence-corrected chi connectivity index (χ0v) is 15.8. The summed E-state index contributed by atoms with van der Waals surface area (Å²) >= 11 is 0. The Kier molecular flexibility index (Phi) is 6.29. The van der Waals surface area contributed by atoms with Gasteiger partial charge in [-0.1, -0.05) is 36.4 Å². The van der Waals surface area contributed by atoms with Crippen LogP contribution in [-0.2, 0) is 0 Å². The summed E-state index contributed by atoms with van der Waals surface area (Å²) in [6.07, 6.45) is 0. The Labute approximate surface area is 163 Å². The third-order valence-corrected chi connectivity index (χ3v) is 3.93. The molecule has 0 saturated carbocycles. The molecule has 1 heterocycles. The van der Waals surface area contributed by atoms with Crippen LogP contribution in [0.1, 0.15) is 10.5 Å². The van der Waals surface area contributed by atoms with E-state index in [4.69, 9.17) is 0 Å². The highest BCUT2D eigenvalue weighted by atomic mass is 19.1. The van der Waals surface area contributed by atoms with E-state index in [0.29, 0.717) is 23.9 Å². The molecule has 6 nitrogen and oxygen atoms in total. The maximum absolute atomic E-state index is 13.5. The van der Waals surface area contributed by atoms with Crippen molar-refractivity contribution >= 4 is 17.4 Å². The average Bonchev–Trinajstić information content (AvgIpc) is 2.68. The van der Waals surface area contributed by atoms with Crippen molar-refractivity contribution < 1.29 is 9.18 Å². The highest BCUT2D eigenvalue weighted by Gasteiger charge is 2.13. The first-order valence-electron chi connectivity index (χ1n) is 8.91. The SMILES string of the molecule is CN(C)CCNC(=O)c1cc(Nc2cccc(F)c2)nc(-c2ccccc2)n1. The number of likely N-dealkylation sites (N-methyl/N-ethyl adjacent to an activating group) is 1. The number of aromatic nitrogens is 2. The van der Waals surface area contributed by atoms with Crippen molar-refractivity contribution in [3.8, 4) is 11.4 Å². The van der Waals surface area contributed by atoms with E-state index in [1.807, 2.05) is 49.3 Å². The van der Waals surface area contributed by atoms with Crippen LogP contribution in [0.4, 0.5) is 15.9 Å². The predicted octanol–water partition coefficient (Wildman–Crippen LogP) is 3.32. The number of benzene rings is 2. The Balaban J connectivity index is 1.91. The molecule has 2 aromatic carbocycles. The Morgan fingerprint density at radius 2 is 1.82 bits per heavy atom. The molecule has 0 radical (unpaired) electrons. The van der Waals surface area contributed by atoms with Gasteiger partial charge in [-0.05, 0) is 32.3 Å². The fraction of sp³-hybridized carbons (Fsp3) is 0.190. The summed E-state index contributed by atoms with van der Waals surface area (Å²) in [6, 6.07) is 17.0. The summed E-state index contributed by atoms with van der Waals surface area (Å²) in [5.41, 5.74) is 1.57. The number of nitrogens with one attached hydrogen (secondary N) is 2. The largest absolute Gasteiger partial charge is 0.349 e. The number of amides is 1. The number of rotatable bonds is 7. The van der Waals surface area contributed by atoms with Crippen molar-refractivity contribution in [1.82, 2.24) is 20.2 Å². The highest BCUT2D eigenvalue weighted by molar-refractivity contribution is 5.93. The second kappa shape index (κ2) is 9.05. The molecular weight excluding hydrogens is 357 g/mol. The molecule has 1 aromatic heterocycles. The Morgan fingerprint density at radius 1 is 1.04 bits per heavy atom. The number of hydrogen-bond acceptors (Lipinski definition) is 5. The summed E-state index contributed by atoms with van der Waals surface area (Å²) in [6.45, 7) is 1.22. The maximum atomic E-state index is 13.5. The fourth-order valence-electron chi connectivity index (χ4n) is 2.54. The smallest absolute Gasteiger partial charge is 0.270 e. The van der Waals surface area contributed by atoms with Gasteiger partial charge in [-0.25, -0.2) is 14.4 Å². The molecule has 0 saturated heterocycles. The minimum atomic E-state index is -0.357. The van der Waals surface area contributed by atoms with Gasteiger partial charge in [0.15, 0.2) is 5.82 Å². The van der Waals surface area contributed by atoms with Crippen molar-refractivity contribution in [2.24, 2.45) is 0 Å². The lowest BCUT2D eigenvalue weighted by Gasteiger charge is -2.12. The van der Waals surface area contributed by atoms with Gasteiger partial charge in [0, 0.05) is 30.4 Å². The van der Waals surface area contributed by atoms with Gasteiger partial charge >= 0.3 is 0 Å². The first kappa shape index (κ1) is 19.4. The standard InChI is InChI=1S/C21H22FN5O/c1-27(2)12-11-23-21(28)18-14-19(24-17-10-6-9-16(22)13-17)26-20(25-18)15-7-4-3-5-8-15/h3-10,13-14H,11-12H2,1-2H3,(H,23,28)(H,24,25,26).